The highest BCUT2D eigenvalue weighted by atomic mass is 32.2. The number of aliphatic carboxylic acids is 1. The van der Waals surface area contributed by atoms with Crippen molar-refractivity contribution < 1.29 is 18.3 Å². The first-order valence-corrected chi connectivity index (χ1v) is 5.69. The average Bonchev–Trinajstić information content (AvgIpc) is 1.99. The zero-order valence-electron chi connectivity index (χ0n) is 7.73. The Labute approximate surface area is 77.8 Å². The van der Waals surface area contributed by atoms with Gasteiger partial charge in [-0.1, -0.05) is 0 Å². The normalized spacial score (nSPS) is 14.5. The highest BCUT2D eigenvalue weighted by molar-refractivity contribution is 7.91. The number of hydrogen-bond donors (Lipinski definition) is 2. The van der Waals surface area contributed by atoms with Gasteiger partial charge < -0.3 is 10.8 Å². The maximum atomic E-state index is 11.2. The third-order valence-corrected chi connectivity index (χ3v) is 3.99. The molecule has 0 aliphatic heterocycles. The largest absolute Gasteiger partial charge is 0.480 e. The van der Waals surface area contributed by atoms with E-state index in [1.165, 1.54) is 0 Å². The fraction of sp³-hybridized carbons (Fsp3) is 0.857. The van der Waals surface area contributed by atoms with Crippen molar-refractivity contribution in [2.45, 2.75) is 31.6 Å². The van der Waals surface area contributed by atoms with Crippen LogP contribution in [0.2, 0.25) is 0 Å². The number of sulfone groups is 1. The van der Waals surface area contributed by atoms with Crippen LogP contribution >= 0.6 is 0 Å². The lowest BCUT2D eigenvalue weighted by Crippen LogP contribution is -2.33. The second kappa shape index (κ2) is 4.57. The topological polar surface area (TPSA) is 97.5 Å². The highest BCUT2D eigenvalue weighted by Crippen LogP contribution is 2.03. The number of carbonyl (C=O) groups is 1. The molecule has 0 aromatic rings. The molecule has 0 bridgehead atoms. The summed E-state index contributed by atoms with van der Waals surface area (Å²) < 4.78 is 22.4. The van der Waals surface area contributed by atoms with Gasteiger partial charge in [-0.05, 0) is 20.3 Å². The Morgan fingerprint density at radius 2 is 1.92 bits per heavy atom. The SMILES string of the molecule is CC(C)S(=O)(=O)CC[C@@H](N)C(=O)O. The molecule has 6 heteroatoms. The molecule has 0 saturated heterocycles. The second-order valence-corrected chi connectivity index (χ2v) is 5.83. The van der Waals surface area contributed by atoms with Crippen LogP contribution in [0.3, 0.4) is 0 Å². The smallest absolute Gasteiger partial charge is 0.320 e. The molecule has 13 heavy (non-hydrogen) atoms. The molecule has 0 amide bonds. The summed E-state index contributed by atoms with van der Waals surface area (Å²) in [6.07, 6.45) is -0.0319. The van der Waals surface area contributed by atoms with Gasteiger partial charge in [-0.15, -0.1) is 0 Å². The first-order valence-electron chi connectivity index (χ1n) is 3.97. The Morgan fingerprint density at radius 1 is 1.46 bits per heavy atom. The van der Waals surface area contributed by atoms with Crippen LogP contribution in [0.25, 0.3) is 0 Å². The molecule has 0 unspecified atom stereocenters. The predicted octanol–water partition coefficient (Wildman–Crippen LogP) is -0.388. The minimum Gasteiger partial charge on any atom is -0.480 e. The molecule has 5 nitrogen and oxygen atoms in total. The Balaban J connectivity index is 4.11. The summed E-state index contributed by atoms with van der Waals surface area (Å²) in [4.78, 5) is 10.3. The van der Waals surface area contributed by atoms with Gasteiger partial charge in [0.1, 0.15) is 6.04 Å². The van der Waals surface area contributed by atoms with Crippen LogP contribution in [0, 0.1) is 0 Å². The van der Waals surface area contributed by atoms with Crippen molar-refractivity contribution in [3.05, 3.63) is 0 Å². The van der Waals surface area contributed by atoms with Gasteiger partial charge in [0.25, 0.3) is 0 Å². The maximum absolute atomic E-state index is 11.2. The van der Waals surface area contributed by atoms with Crippen molar-refractivity contribution in [2.24, 2.45) is 5.73 Å². The summed E-state index contributed by atoms with van der Waals surface area (Å²) in [5.74, 6) is -1.34. The molecule has 1 atom stereocenters. The van der Waals surface area contributed by atoms with Crippen molar-refractivity contribution in [2.75, 3.05) is 5.75 Å². The van der Waals surface area contributed by atoms with E-state index in [0.717, 1.165) is 0 Å². The zero-order valence-corrected chi connectivity index (χ0v) is 8.54. The summed E-state index contributed by atoms with van der Waals surface area (Å²) >= 11 is 0. The Hall–Kier alpha value is -0.620. The number of hydrogen-bond acceptors (Lipinski definition) is 4. The molecule has 0 aliphatic carbocycles. The molecule has 0 aromatic carbocycles. The molecule has 0 heterocycles. The first-order chi connectivity index (χ1) is 5.77. The quantitative estimate of drug-likeness (QED) is 0.642. The van der Waals surface area contributed by atoms with Gasteiger partial charge >= 0.3 is 5.97 Å². The van der Waals surface area contributed by atoms with E-state index in [0.29, 0.717) is 0 Å². The third kappa shape index (κ3) is 4.23. The van der Waals surface area contributed by atoms with Crippen molar-refractivity contribution in [1.82, 2.24) is 0 Å². The first kappa shape index (κ1) is 12.4. The summed E-state index contributed by atoms with van der Waals surface area (Å²) in [6.45, 7) is 3.11. The lowest BCUT2D eigenvalue weighted by atomic mass is 10.2. The van der Waals surface area contributed by atoms with Gasteiger partial charge in [-0.2, -0.15) is 0 Å². The zero-order chi connectivity index (χ0) is 10.6. The predicted molar refractivity (Wildman–Crippen MR) is 49.2 cm³/mol. The lowest BCUT2D eigenvalue weighted by Gasteiger charge is -2.09. The molecule has 0 radical (unpaired) electrons. The molecule has 0 aliphatic rings. The number of rotatable bonds is 5. The van der Waals surface area contributed by atoms with E-state index >= 15 is 0 Å². The molecular weight excluding hydrogens is 194 g/mol. The number of carboxylic acids is 1. The molecule has 0 fully saturated rings. The molecular formula is C7H15NO4S. The lowest BCUT2D eigenvalue weighted by molar-refractivity contribution is -0.138. The van der Waals surface area contributed by atoms with E-state index in [1.807, 2.05) is 0 Å². The van der Waals surface area contributed by atoms with Crippen LogP contribution in [0.5, 0.6) is 0 Å². The van der Waals surface area contributed by atoms with Crippen LogP contribution < -0.4 is 5.73 Å². The van der Waals surface area contributed by atoms with Gasteiger partial charge in [-0.25, -0.2) is 8.42 Å². The summed E-state index contributed by atoms with van der Waals surface area (Å²) in [5.41, 5.74) is 5.16. The molecule has 78 valence electrons. The van der Waals surface area contributed by atoms with E-state index in [2.05, 4.69) is 0 Å². The molecule has 0 spiro atoms. The Bertz CT molecular complexity index is 270. The monoisotopic (exact) mass is 209 g/mol. The molecule has 0 rings (SSSR count). The summed E-state index contributed by atoms with van der Waals surface area (Å²) in [5, 5.41) is 7.92. The number of carboxylic acid groups (broad SMARTS) is 1. The third-order valence-electron chi connectivity index (χ3n) is 1.75. The van der Waals surface area contributed by atoms with Gasteiger partial charge in [0.2, 0.25) is 0 Å². The van der Waals surface area contributed by atoms with E-state index in [4.69, 9.17) is 10.8 Å². The van der Waals surface area contributed by atoms with E-state index in [1.54, 1.807) is 13.8 Å². The van der Waals surface area contributed by atoms with Gasteiger partial charge in [0.15, 0.2) is 9.84 Å². The van der Waals surface area contributed by atoms with Crippen LogP contribution in [0.4, 0.5) is 0 Å². The average molecular weight is 209 g/mol. The standard InChI is InChI=1S/C7H15NO4S/c1-5(2)13(11,12)4-3-6(8)7(9)10/h5-6H,3-4,8H2,1-2H3,(H,9,10)/t6-/m1/s1. The van der Waals surface area contributed by atoms with Gasteiger partial charge in [0, 0.05) is 0 Å². The van der Waals surface area contributed by atoms with Gasteiger partial charge in [0.05, 0.1) is 11.0 Å². The summed E-state index contributed by atoms with van der Waals surface area (Å²) in [6, 6.07) is -1.09. The van der Waals surface area contributed by atoms with Crippen LogP contribution in [0.15, 0.2) is 0 Å². The van der Waals surface area contributed by atoms with Crippen LogP contribution in [-0.2, 0) is 14.6 Å². The fourth-order valence-electron chi connectivity index (χ4n) is 0.650. The molecule has 0 aromatic heterocycles. The van der Waals surface area contributed by atoms with E-state index in [9.17, 15) is 13.2 Å². The highest BCUT2D eigenvalue weighted by Gasteiger charge is 2.20. The second-order valence-electron chi connectivity index (χ2n) is 3.15. The maximum Gasteiger partial charge on any atom is 0.320 e. The van der Waals surface area contributed by atoms with E-state index in [-0.39, 0.29) is 12.2 Å². The van der Waals surface area contributed by atoms with E-state index < -0.39 is 27.1 Å². The Kier molecular flexibility index (Phi) is 4.35. The summed E-state index contributed by atoms with van der Waals surface area (Å²) in [7, 11) is -3.17. The fourth-order valence-corrected chi connectivity index (χ4v) is 1.70. The van der Waals surface area contributed by atoms with Crippen LogP contribution in [-0.4, -0.2) is 36.5 Å². The van der Waals surface area contributed by atoms with Crippen molar-refractivity contribution in [3.8, 4) is 0 Å². The van der Waals surface area contributed by atoms with Crippen molar-refractivity contribution in [3.63, 3.8) is 0 Å². The molecule has 0 saturated carbocycles. The minimum atomic E-state index is -3.17. The van der Waals surface area contributed by atoms with Crippen LogP contribution in [0.1, 0.15) is 20.3 Å². The molecule has 3 N–H and O–H groups in total. The minimum absolute atomic E-state index is 0.0319. The Morgan fingerprint density at radius 3 is 2.23 bits per heavy atom. The van der Waals surface area contributed by atoms with Gasteiger partial charge in [-0.3, -0.25) is 4.79 Å². The number of nitrogens with two attached hydrogens (primary N) is 1. The van der Waals surface area contributed by atoms with Crippen molar-refractivity contribution >= 4 is 15.8 Å². The van der Waals surface area contributed by atoms with Crippen molar-refractivity contribution in [1.29, 1.82) is 0 Å².